The van der Waals surface area contributed by atoms with E-state index < -0.39 is 0 Å². The fourth-order valence-electron chi connectivity index (χ4n) is 4.38. The lowest BCUT2D eigenvalue weighted by Gasteiger charge is -2.38. The minimum absolute atomic E-state index is 0.0531. The molecule has 0 aromatic heterocycles. The van der Waals surface area contributed by atoms with Crippen LogP contribution < -0.4 is 0 Å². The Balaban J connectivity index is 1.37. The minimum Gasteiger partial charge on any atom is -0.335 e. The van der Waals surface area contributed by atoms with Crippen LogP contribution in [-0.2, 0) is 16.1 Å². The van der Waals surface area contributed by atoms with Crippen molar-refractivity contribution >= 4 is 17.5 Å². The van der Waals surface area contributed by atoms with Gasteiger partial charge >= 0.3 is 0 Å². The summed E-state index contributed by atoms with van der Waals surface area (Å²) in [5.74, 6) is -0.473. The van der Waals surface area contributed by atoms with Gasteiger partial charge < -0.3 is 4.90 Å². The molecule has 1 saturated carbocycles. The Hall–Kier alpha value is -2.28. The molecule has 0 N–H and O–H groups in total. The third-order valence-corrected chi connectivity index (χ3v) is 6.04. The first-order valence-corrected chi connectivity index (χ1v) is 10.3. The molecule has 2 amide bonds. The molecular weight excluding hydrogens is 359 g/mol. The number of carbonyl (C=O) groups excluding carboxylic acids is 2. The molecule has 28 heavy (non-hydrogen) atoms. The highest BCUT2D eigenvalue weighted by Gasteiger charge is 2.31. The van der Waals surface area contributed by atoms with Crippen molar-refractivity contribution in [1.82, 2.24) is 14.8 Å². The number of hydrogen-bond donors (Lipinski definition) is 0. The van der Waals surface area contributed by atoms with Crippen LogP contribution in [0.4, 0.5) is 4.39 Å². The normalized spacial score (nSPS) is 21.9. The third-order valence-electron chi connectivity index (χ3n) is 6.04. The number of hydrogen-bond acceptors (Lipinski definition) is 4. The molecule has 1 aliphatic carbocycles. The molecule has 0 atom stereocenters. The number of rotatable bonds is 4. The molecule has 0 bridgehead atoms. The van der Waals surface area contributed by atoms with Crippen LogP contribution in [0, 0.1) is 5.82 Å². The maximum absolute atomic E-state index is 13.1. The highest BCUT2D eigenvalue weighted by atomic mass is 19.1. The van der Waals surface area contributed by atoms with Gasteiger partial charge in [0.1, 0.15) is 11.5 Å². The number of piperazine rings is 1. The summed E-state index contributed by atoms with van der Waals surface area (Å²) in [7, 11) is 0. The van der Waals surface area contributed by atoms with Crippen LogP contribution in [0.25, 0.3) is 0 Å². The molecule has 3 aliphatic rings. The molecule has 6 nitrogen and oxygen atoms in total. The fourth-order valence-corrected chi connectivity index (χ4v) is 4.38. The van der Waals surface area contributed by atoms with Gasteiger partial charge in [-0.3, -0.25) is 14.5 Å². The Morgan fingerprint density at radius 3 is 2.39 bits per heavy atom. The summed E-state index contributed by atoms with van der Waals surface area (Å²) >= 11 is 0. The lowest BCUT2D eigenvalue weighted by molar-refractivity contribution is -0.132. The molecule has 7 heteroatoms. The highest BCUT2D eigenvalue weighted by Crippen LogP contribution is 2.24. The topological polar surface area (TPSA) is 56.2 Å². The Morgan fingerprint density at radius 1 is 1.04 bits per heavy atom. The number of halogens is 1. The summed E-state index contributed by atoms with van der Waals surface area (Å²) in [6, 6.07) is 6.69. The first kappa shape index (κ1) is 19.1. The van der Waals surface area contributed by atoms with Crippen molar-refractivity contribution in [2.45, 2.75) is 51.1 Å². The molecule has 2 heterocycles. The van der Waals surface area contributed by atoms with Crippen LogP contribution in [0.5, 0.6) is 0 Å². The van der Waals surface area contributed by atoms with Gasteiger partial charge in [0.05, 0.1) is 6.54 Å². The van der Waals surface area contributed by atoms with Gasteiger partial charge in [0.2, 0.25) is 5.91 Å². The van der Waals surface area contributed by atoms with E-state index in [2.05, 4.69) is 10.0 Å². The zero-order chi connectivity index (χ0) is 19.5. The van der Waals surface area contributed by atoms with Gasteiger partial charge in [0.15, 0.2) is 0 Å². The van der Waals surface area contributed by atoms with E-state index in [0.717, 1.165) is 31.7 Å². The van der Waals surface area contributed by atoms with Gasteiger partial charge in [-0.15, -0.1) is 0 Å². The van der Waals surface area contributed by atoms with Gasteiger partial charge in [0, 0.05) is 45.1 Å². The second-order valence-corrected chi connectivity index (χ2v) is 7.89. The van der Waals surface area contributed by atoms with Crippen LogP contribution in [0.2, 0.25) is 0 Å². The molecular formula is C21H27FN4O2. The van der Waals surface area contributed by atoms with E-state index in [1.54, 1.807) is 12.1 Å². The smallest absolute Gasteiger partial charge is 0.270 e. The van der Waals surface area contributed by atoms with E-state index in [0.29, 0.717) is 18.2 Å². The summed E-state index contributed by atoms with van der Waals surface area (Å²) in [5, 5.41) is 5.70. The van der Waals surface area contributed by atoms with Crippen LogP contribution in [0.15, 0.2) is 29.4 Å². The molecule has 1 aromatic carbocycles. The highest BCUT2D eigenvalue weighted by molar-refractivity contribution is 6.39. The zero-order valence-electron chi connectivity index (χ0n) is 16.1. The Kier molecular flexibility index (Phi) is 5.71. The summed E-state index contributed by atoms with van der Waals surface area (Å²) in [4.78, 5) is 29.5. The van der Waals surface area contributed by atoms with Crippen LogP contribution in [-0.4, -0.2) is 64.6 Å². The van der Waals surface area contributed by atoms with E-state index in [9.17, 15) is 14.0 Å². The van der Waals surface area contributed by atoms with Gasteiger partial charge in [0.25, 0.3) is 5.91 Å². The summed E-state index contributed by atoms with van der Waals surface area (Å²) < 4.78 is 13.1. The van der Waals surface area contributed by atoms with E-state index in [1.807, 2.05) is 4.90 Å². The van der Waals surface area contributed by atoms with Crippen LogP contribution in [0.1, 0.15) is 44.1 Å². The number of amides is 2. The molecule has 0 spiro atoms. The quantitative estimate of drug-likeness (QED) is 0.798. The maximum Gasteiger partial charge on any atom is 0.270 e. The molecule has 0 unspecified atom stereocenters. The number of nitrogens with zero attached hydrogens (tertiary/aromatic N) is 4. The second-order valence-electron chi connectivity index (χ2n) is 7.89. The minimum atomic E-state index is -0.315. The van der Waals surface area contributed by atoms with Crippen molar-refractivity contribution in [2.24, 2.45) is 5.10 Å². The van der Waals surface area contributed by atoms with Crippen molar-refractivity contribution in [3.63, 3.8) is 0 Å². The molecule has 150 valence electrons. The van der Waals surface area contributed by atoms with Crippen molar-refractivity contribution in [1.29, 1.82) is 0 Å². The van der Waals surface area contributed by atoms with Crippen molar-refractivity contribution in [3.05, 3.63) is 35.6 Å². The second kappa shape index (κ2) is 8.39. The Bertz CT molecular complexity index is 750. The summed E-state index contributed by atoms with van der Waals surface area (Å²) in [6.07, 6.45) is 5.87. The van der Waals surface area contributed by atoms with Crippen molar-refractivity contribution < 1.29 is 14.0 Å². The third kappa shape index (κ3) is 4.24. The predicted octanol–water partition coefficient (Wildman–Crippen LogP) is 2.39. The largest absolute Gasteiger partial charge is 0.335 e. The SMILES string of the molecule is O=C(C1=NN(Cc2ccc(F)cc2)C(=O)CC1)N1CCN(C2CCCC2)CC1. The van der Waals surface area contributed by atoms with E-state index in [1.165, 1.54) is 42.8 Å². The molecule has 2 aliphatic heterocycles. The van der Waals surface area contributed by atoms with E-state index in [4.69, 9.17) is 0 Å². The molecule has 1 saturated heterocycles. The first-order valence-electron chi connectivity index (χ1n) is 10.3. The van der Waals surface area contributed by atoms with E-state index >= 15 is 0 Å². The maximum atomic E-state index is 13.1. The zero-order valence-corrected chi connectivity index (χ0v) is 16.1. The van der Waals surface area contributed by atoms with Crippen LogP contribution >= 0.6 is 0 Å². The molecule has 4 rings (SSSR count). The number of hydrazone groups is 1. The number of carbonyl (C=O) groups is 2. The fraction of sp³-hybridized carbons (Fsp3) is 0.571. The van der Waals surface area contributed by atoms with Crippen molar-refractivity contribution in [2.75, 3.05) is 26.2 Å². The van der Waals surface area contributed by atoms with Crippen LogP contribution in [0.3, 0.4) is 0 Å². The Labute approximate surface area is 165 Å². The predicted molar refractivity (Wildman–Crippen MR) is 104 cm³/mol. The average Bonchev–Trinajstić information content (AvgIpc) is 3.26. The lowest BCUT2D eigenvalue weighted by Crippen LogP contribution is -2.53. The molecule has 0 radical (unpaired) electrons. The average molecular weight is 386 g/mol. The van der Waals surface area contributed by atoms with Gasteiger partial charge in [-0.2, -0.15) is 5.10 Å². The molecule has 1 aromatic rings. The lowest BCUT2D eigenvalue weighted by atomic mass is 10.1. The van der Waals surface area contributed by atoms with Gasteiger partial charge in [-0.25, -0.2) is 9.40 Å². The Morgan fingerprint density at radius 2 is 1.71 bits per heavy atom. The van der Waals surface area contributed by atoms with Gasteiger partial charge in [-0.05, 0) is 30.5 Å². The summed E-state index contributed by atoms with van der Waals surface area (Å²) in [5.41, 5.74) is 1.24. The van der Waals surface area contributed by atoms with E-state index in [-0.39, 0.29) is 30.6 Å². The summed E-state index contributed by atoms with van der Waals surface area (Å²) in [6.45, 7) is 3.54. The van der Waals surface area contributed by atoms with Gasteiger partial charge in [-0.1, -0.05) is 25.0 Å². The van der Waals surface area contributed by atoms with Crippen molar-refractivity contribution in [3.8, 4) is 0 Å². The number of benzene rings is 1. The monoisotopic (exact) mass is 386 g/mol. The standard InChI is InChI=1S/C21H27FN4O2/c22-17-7-5-16(6-8-17)15-26-20(27)10-9-19(23-26)21(28)25-13-11-24(12-14-25)18-3-1-2-4-18/h5-8,18H,1-4,9-15H2. The molecule has 2 fully saturated rings. The first-order chi connectivity index (χ1) is 13.6.